The van der Waals surface area contributed by atoms with Crippen LogP contribution in [0.1, 0.15) is 15.9 Å². The molecule has 0 saturated carbocycles. The van der Waals surface area contributed by atoms with Crippen molar-refractivity contribution in [2.45, 2.75) is 11.4 Å². The first-order chi connectivity index (χ1) is 16.3. The van der Waals surface area contributed by atoms with Gasteiger partial charge < -0.3 is 19.1 Å². The van der Waals surface area contributed by atoms with E-state index in [-0.39, 0.29) is 10.8 Å². The zero-order chi connectivity index (χ0) is 24.3. The number of sulfonamides is 1. The average molecular weight is 483 g/mol. The standard InChI is InChI=1S/C25H26N2O6S/c1-26(17-18-8-13-23-24(16-18)33-15-14-32-23)25(28)19-9-11-20(12-10-19)34(29,30)27(2)21-6-4-5-7-22(21)31-3/h4-13,16H,14-15,17H2,1-3H3. The maximum Gasteiger partial charge on any atom is 0.264 e. The Morgan fingerprint density at radius 1 is 0.941 bits per heavy atom. The summed E-state index contributed by atoms with van der Waals surface area (Å²) < 4.78 is 43.8. The quantitative estimate of drug-likeness (QED) is 0.512. The molecule has 3 aromatic carbocycles. The predicted octanol–water partition coefficient (Wildman–Crippen LogP) is 3.56. The number of amides is 1. The van der Waals surface area contributed by atoms with Gasteiger partial charge in [0.25, 0.3) is 15.9 Å². The second kappa shape index (κ2) is 9.64. The summed E-state index contributed by atoms with van der Waals surface area (Å²) in [6.45, 7) is 1.38. The van der Waals surface area contributed by atoms with E-state index in [0.29, 0.717) is 48.3 Å². The molecule has 0 saturated heterocycles. The summed E-state index contributed by atoms with van der Waals surface area (Å²) in [5.74, 6) is 1.58. The van der Waals surface area contributed by atoms with Gasteiger partial charge in [0.15, 0.2) is 11.5 Å². The van der Waals surface area contributed by atoms with Crippen molar-refractivity contribution in [3.63, 3.8) is 0 Å². The zero-order valence-corrected chi connectivity index (χ0v) is 20.0. The van der Waals surface area contributed by atoms with Gasteiger partial charge in [0.1, 0.15) is 19.0 Å². The van der Waals surface area contributed by atoms with Crippen LogP contribution in [0.2, 0.25) is 0 Å². The van der Waals surface area contributed by atoms with Crippen LogP contribution in [-0.2, 0) is 16.6 Å². The fraction of sp³-hybridized carbons (Fsp3) is 0.240. The number of rotatable bonds is 7. The maximum absolute atomic E-state index is 13.1. The smallest absolute Gasteiger partial charge is 0.264 e. The van der Waals surface area contributed by atoms with E-state index < -0.39 is 10.0 Å². The number of hydrogen-bond acceptors (Lipinski definition) is 6. The van der Waals surface area contributed by atoms with Crippen LogP contribution in [0.25, 0.3) is 0 Å². The molecule has 8 nitrogen and oxygen atoms in total. The Morgan fingerprint density at radius 3 is 2.32 bits per heavy atom. The number of methoxy groups -OCH3 is 1. The minimum absolute atomic E-state index is 0.0759. The van der Waals surface area contributed by atoms with E-state index in [2.05, 4.69) is 0 Å². The van der Waals surface area contributed by atoms with Gasteiger partial charge in [-0.2, -0.15) is 0 Å². The Bertz CT molecular complexity index is 1290. The lowest BCUT2D eigenvalue weighted by molar-refractivity contribution is 0.0784. The van der Waals surface area contributed by atoms with Gasteiger partial charge in [-0.05, 0) is 54.1 Å². The highest BCUT2D eigenvalue weighted by molar-refractivity contribution is 7.92. The molecule has 0 atom stereocenters. The molecule has 3 aromatic rings. The van der Waals surface area contributed by atoms with Crippen molar-refractivity contribution < 1.29 is 27.4 Å². The van der Waals surface area contributed by atoms with Gasteiger partial charge in [-0.1, -0.05) is 18.2 Å². The van der Waals surface area contributed by atoms with Gasteiger partial charge in [0, 0.05) is 26.2 Å². The summed E-state index contributed by atoms with van der Waals surface area (Å²) in [6, 6.07) is 18.4. The molecular weight excluding hydrogens is 456 g/mol. The van der Waals surface area contributed by atoms with E-state index in [1.54, 1.807) is 36.2 Å². The van der Waals surface area contributed by atoms with Crippen LogP contribution in [0.5, 0.6) is 17.2 Å². The van der Waals surface area contributed by atoms with Gasteiger partial charge in [0.2, 0.25) is 0 Å². The van der Waals surface area contributed by atoms with E-state index in [9.17, 15) is 13.2 Å². The van der Waals surface area contributed by atoms with E-state index in [1.165, 1.54) is 38.4 Å². The molecule has 1 aliphatic heterocycles. The third kappa shape index (κ3) is 4.65. The lowest BCUT2D eigenvalue weighted by Crippen LogP contribution is -2.28. The van der Waals surface area contributed by atoms with Crippen LogP contribution in [0.15, 0.2) is 71.6 Å². The first kappa shape index (κ1) is 23.4. The van der Waals surface area contributed by atoms with Crippen LogP contribution < -0.4 is 18.5 Å². The highest BCUT2D eigenvalue weighted by Gasteiger charge is 2.24. The average Bonchev–Trinajstić information content (AvgIpc) is 2.87. The Hall–Kier alpha value is -3.72. The van der Waals surface area contributed by atoms with Gasteiger partial charge in [0.05, 0.1) is 17.7 Å². The number of carbonyl (C=O) groups excluding carboxylic acids is 1. The second-order valence-electron chi connectivity index (χ2n) is 7.81. The number of ether oxygens (including phenoxy) is 3. The Morgan fingerprint density at radius 2 is 1.62 bits per heavy atom. The SMILES string of the molecule is COc1ccccc1N(C)S(=O)(=O)c1ccc(C(=O)N(C)Cc2ccc3c(c2)OCCO3)cc1. The summed E-state index contributed by atoms with van der Waals surface area (Å²) in [4.78, 5) is 14.6. The van der Waals surface area contributed by atoms with Gasteiger partial charge in [-0.15, -0.1) is 0 Å². The van der Waals surface area contributed by atoms with Gasteiger partial charge in [-0.3, -0.25) is 9.10 Å². The molecule has 34 heavy (non-hydrogen) atoms. The minimum Gasteiger partial charge on any atom is -0.495 e. The minimum atomic E-state index is -3.84. The van der Waals surface area contributed by atoms with Crippen molar-refractivity contribution in [3.05, 3.63) is 77.9 Å². The fourth-order valence-corrected chi connectivity index (χ4v) is 4.91. The number of carbonyl (C=O) groups is 1. The van der Waals surface area contributed by atoms with Crippen molar-refractivity contribution in [2.24, 2.45) is 0 Å². The molecule has 0 N–H and O–H groups in total. The largest absolute Gasteiger partial charge is 0.495 e. The predicted molar refractivity (Wildman–Crippen MR) is 128 cm³/mol. The molecule has 0 unspecified atom stereocenters. The van der Waals surface area contributed by atoms with Crippen molar-refractivity contribution in [2.75, 3.05) is 38.7 Å². The number of benzene rings is 3. The molecule has 0 bridgehead atoms. The van der Waals surface area contributed by atoms with Gasteiger partial charge in [-0.25, -0.2) is 8.42 Å². The number of fused-ring (bicyclic) bond motifs is 1. The van der Waals surface area contributed by atoms with Crippen LogP contribution in [-0.4, -0.2) is 53.6 Å². The molecule has 4 rings (SSSR count). The third-order valence-electron chi connectivity index (χ3n) is 5.56. The van der Waals surface area contributed by atoms with Crippen LogP contribution >= 0.6 is 0 Å². The van der Waals surface area contributed by atoms with Crippen molar-refractivity contribution >= 4 is 21.6 Å². The summed E-state index contributed by atoms with van der Waals surface area (Å²) in [5, 5.41) is 0. The molecule has 0 radical (unpaired) electrons. The van der Waals surface area contributed by atoms with Crippen molar-refractivity contribution in [3.8, 4) is 17.2 Å². The first-order valence-corrected chi connectivity index (χ1v) is 12.1. The normalized spacial score (nSPS) is 12.7. The maximum atomic E-state index is 13.1. The van der Waals surface area contributed by atoms with Crippen LogP contribution in [0, 0.1) is 0 Å². The summed E-state index contributed by atoms with van der Waals surface area (Å²) in [7, 11) is 0.805. The van der Waals surface area contributed by atoms with E-state index >= 15 is 0 Å². The number of nitrogens with zero attached hydrogens (tertiary/aromatic N) is 2. The summed E-state index contributed by atoms with van der Waals surface area (Å²) >= 11 is 0. The molecule has 0 aromatic heterocycles. The Labute approximate surface area is 199 Å². The van der Waals surface area contributed by atoms with Crippen LogP contribution in [0.4, 0.5) is 5.69 Å². The molecule has 0 aliphatic carbocycles. The Kier molecular flexibility index (Phi) is 6.65. The number of anilines is 1. The molecule has 1 aliphatic rings. The lowest BCUT2D eigenvalue weighted by Gasteiger charge is -2.22. The second-order valence-corrected chi connectivity index (χ2v) is 9.78. The van der Waals surface area contributed by atoms with Crippen molar-refractivity contribution in [1.82, 2.24) is 4.90 Å². The zero-order valence-electron chi connectivity index (χ0n) is 19.2. The molecule has 1 heterocycles. The fourth-order valence-electron chi connectivity index (χ4n) is 3.70. The summed E-state index contributed by atoms with van der Waals surface area (Å²) in [6.07, 6.45) is 0. The molecular formula is C25H26N2O6S. The Balaban J connectivity index is 1.48. The lowest BCUT2D eigenvalue weighted by atomic mass is 10.1. The van der Waals surface area contributed by atoms with E-state index in [4.69, 9.17) is 14.2 Å². The highest BCUT2D eigenvalue weighted by Crippen LogP contribution is 2.32. The van der Waals surface area contributed by atoms with Crippen LogP contribution in [0.3, 0.4) is 0 Å². The third-order valence-corrected chi connectivity index (χ3v) is 7.34. The molecule has 0 fully saturated rings. The highest BCUT2D eigenvalue weighted by atomic mass is 32.2. The van der Waals surface area contributed by atoms with Crippen molar-refractivity contribution in [1.29, 1.82) is 0 Å². The van der Waals surface area contributed by atoms with Gasteiger partial charge >= 0.3 is 0 Å². The molecule has 9 heteroatoms. The van der Waals surface area contributed by atoms with E-state index in [1.807, 2.05) is 18.2 Å². The van der Waals surface area contributed by atoms with E-state index in [0.717, 1.165) is 9.87 Å². The topological polar surface area (TPSA) is 85.4 Å². The molecule has 1 amide bonds. The first-order valence-electron chi connectivity index (χ1n) is 10.7. The monoisotopic (exact) mass is 482 g/mol. The summed E-state index contributed by atoms with van der Waals surface area (Å²) in [5.41, 5.74) is 1.71. The number of hydrogen-bond donors (Lipinski definition) is 0. The number of para-hydroxylation sites is 2. The molecule has 0 spiro atoms. The molecule has 178 valence electrons.